The second-order valence-corrected chi connectivity index (χ2v) is 5.86. The summed E-state index contributed by atoms with van der Waals surface area (Å²) in [6, 6.07) is 6.67. The van der Waals surface area contributed by atoms with Crippen molar-refractivity contribution in [2.24, 2.45) is 0 Å². The SMILES string of the molecule is CCC(=O)Nc1cccc(C(=O)NCCc2nc(C(=O)O)cs2)c1. The number of aromatic nitrogens is 1. The van der Waals surface area contributed by atoms with E-state index in [-0.39, 0.29) is 17.5 Å². The molecule has 2 aromatic rings. The van der Waals surface area contributed by atoms with Crippen LogP contribution in [0, 0.1) is 0 Å². The van der Waals surface area contributed by atoms with Gasteiger partial charge in [0, 0.05) is 36.0 Å². The van der Waals surface area contributed by atoms with Gasteiger partial charge in [0.2, 0.25) is 5.91 Å². The zero-order valence-electron chi connectivity index (χ0n) is 13.0. The van der Waals surface area contributed by atoms with E-state index in [0.717, 1.165) is 0 Å². The molecule has 0 saturated carbocycles. The molecule has 8 heteroatoms. The maximum absolute atomic E-state index is 12.1. The van der Waals surface area contributed by atoms with E-state index in [2.05, 4.69) is 15.6 Å². The monoisotopic (exact) mass is 347 g/mol. The van der Waals surface area contributed by atoms with E-state index in [1.165, 1.54) is 16.7 Å². The van der Waals surface area contributed by atoms with E-state index in [9.17, 15) is 14.4 Å². The second kappa shape index (κ2) is 8.21. The van der Waals surface area contributed by atoms with E-state index in [0.29, 0.717) is 35.6 Å². The molecule has 0 bridgehead atoms. The maximum atomic E-state index is 12.1. The van der Waals surface area contributed by atoms with Crippen molar-refractivity contribution < 1.29 is 19.5 Å². The molecule has 1 aromatic carbocycles. The second-order valence-electron chi connectivity index (χ2n) is 4.92. The van der Waals surface area contributed by atoms with Crippen LogP contribution in [0.4, 0.5) is 5.69 Å². The number of thiazole rings is 1. The van der Waals surface area contributed by atoms with Crippen LogP contribution in [0.25, 0.3) is 0 Å². The number of hydrogen-bond donors (Lipinski definition) is 3. The number of nitrogens with zero attached hydrogens (tertiary/aromatic N) is 1. The number of anilines is 1. The fourth-order valence-electron chi connectivity index (χ4n) is 1.90. The smallest absolute Gasteiger partial charge is 0.355 e. The molecule has 3 N–H and O–H groups in total. The third-order valence-electron chi connectivity index (χ3n) is 3.12. The third kappa shape index (κ3) is 4.88. The molecule has 0 aliphatic carbocycles. The molecule has 0 saturated heterocycles. The van der Waals surface area contributed by atoms with E-state index in [1.807, 2.05) is 0 Å². The first-order valence-electron chi connectivity index (χ1n) is 7.35. The zero-order chi connectivity index (χ0) is 17.5. The third-order valence-corrected chi connectivity index (χ3v) is 4.03. The summed E-state index contributed by atoms with van der Waals surface area (Å²) < 4.78 is 0. The number of benzene rings is 1. The Balaban J connectivity index is 1.88. The van der Waals surface area contributed by atoms with Gasteiger partial charge in [0.1, 0.15) is 0 Å². The number of hydrogen-bond acceptors (Lipinski definition) is 5. The number of carboxylic acids is 1. The Labute approximate surface area is 142 Å². The fraction of sp³-hybridized carbons (Fsp3) is 0.250. The van der Waals surface area contributed by atoms with Crippen LogP contribution in [0.5, 0.6) is 0 Å². The average Bonchev–Trinajstić information content (AvgIpc) is 3.04. The van der Waals surface area contributed by atoms with Gasteiger partial charge in [-0.15, -0.1) is 11.3 Å². The minimum atomic E-state index is -1.06. The lowest BCUT2D eigenvalue weighted by atomic mass is 10.2. The lowest BCUT2D eigenvalue weighted by Gasteiger charge is -2.07. The van der Waals surface area contributed by atoms with Crippen molar-refractivity contribution in [2.75, 3.05) is 11.9 Å². The molecule has 0 radical (unpaired) electrons. The predicted octanol–water partition coefficient (Wildman–Crippen LogP) is 2.16. The quantitative estimate of drug-likeness (QED) is 0.711. The average molecular weight is 347 g/mol. The van der Waals surface area contributed by atoms with Gasteiger partial charge in [-0.1, -0.05) is 13.0 Å². The highest BCUT2D eigenvalue weighted by molar-refractivity contribution is 7.09. The summed E-state index contributed by atoms with van der Waals surface area (Å²) >= 11 is 1.25. The van der Waals surface area contributed by atoms with Crippen molar-refractivity contribution in [3.8, 4) is 0 Å². The number of rotatable bonds is 7. The zero-order valence-corrected chi connectivity index (χ0v) is 13.9. The van der Waals surface area contributed by atoms with Gasteiger partial charge in [-0.3, -0.25) is 9.59 Å². The molecule has 126 valence electrons. The lowest BCUT2D eigenvalue weighted by Crippen LogP contribution is -2.25. The van der Waals surface area contributed by atoms with Crippen molar-refractivity contribution in [1.82, 2.24) is 10.3 Å². The Morgan fingerprint density at radius 2 is 2.08 bits per heavy atom. The highest BCUT2D eigenvalue weighted by Crippen LogP contribution is 2.12. The van der Waals surface area contributed by atoms with Crippen molar-refractivity contribution >= 4 is 34.8 Å². The standard InChI is InChI=1S/C16H17N3O4S/c1-2-13(20)18-11-5-3-4-10(8-11)15(21)17-7-6-14-19-12(9-24-14)16(22)23/h3-5,8-9H,2,6-7H2,1H3,(H,17,21)(H,18,20)(H,22,23). The molecule has 2 rings (SSSR count). The van der Waals surface area contributed by atoms with Gasteiger partial charge in [0.05, 0.1) is 5.01 Å². The predicted molar refractivity (Wildman–Crippen MR) is 90.5 cm³/mol. The molecular weight excluding hydrogens is 330 g/mol. The van der Waals surface area contributed by atoms with Crippen molar-refractivity contribution in [2.45, 2.75) is 19.8 Å². The summed E-state index contributed by atoms with van der Waals surface area (Å²) in [4.78, 5) is 38.2. The van der Waals surface area contributed by atoms with Crippen LogP contribution < -0.4 is 10.6 Å². The molecule has 1 heterocycles. The number of carbonyl (C=O) groups is 3. The van der Waals surface area contributed by atoms with Crippen LogP contribution >= 0.6 is 11.3 Å². The largest absolute Gasteiger partial charge is 0.476 e. The fourth-order valence-corrected chi connectivity index (χ4v) is 2.67. The molecule has 0 unspecified atom stereocenters. The van der Waals surface area contributed by atoms with Gasteiger partial charge in [0.15, 0.2) is 5.69 Å². The molecule has 2 amide bonds. The molecule has 0 atom stereocenters. The van der Waals surface area contributed by atoms with Crippen LogP contribution in [-0.2, 0) is 11.2 Å². The van der Waals surface area contributed by atoms with E-state index >= 15 is 0 Å². The van der Waals surface area contributed by atoms with Gasteiger partial charge >= 0.3 is 5.97 Å². The Bertz CT molecular complexity index is 757. The number of amides is 2. The van der Waals surface area contributed by atoms with Crippen molar-refractivity contribution in [3.05, 3.63) is 45.9 Å². The number of nitrogens with one attached hydrogen (secondary N) is 2. The normalized spacial score (nSPS) is 10.2. The Morgan fingerprint density at radius 1 is 1.29 bits per heavy atom. The summed E-state index contributed by atoms with van der Waals surface area (Å²) in [6.45, 7) is 2.09. The van der Waals surface area contributed by atoms with Gasteiger partial charge in [-0.05, 0) is 18.2 Å². The minimum absolute atomic E-state index is 0.0145. The number of carboxylic acid groups (broad SMARTS) is 1. The molecule has 0 fully saturated rings. The highest BCUT2D eigenvalue weighted by Gasteiger charge is 2.10. The molecule has 0 aliphatic rings. The van der Waals surface area contributed by atoms with E-state index in [1.54, 1.807) is 31.2 Å². The first kappa shape index (κ1) is 17.6. The topological polar surface area (TPSA) is 108 Å². The van der Waals surface area contributed by atoms with Gasteiger partial charge in [-0.25, -0.2) is 9.78 Å². The van der Waals surface area contributed by atoms with Gasteiger partial charge in [0.25, 0.3) is 5.91 Å². The Hall–Kier alpha value is -2.74. The Kier molecular flexibility index (Phi) is 6.02. The molecular formula is C16H17N3O4S. The molecule has 0 spiro atoms. The number of aromatic carboxylic acids is 1. The first-order valence-corrected chi connectivity index (χ1v) is 8.23. The number of carbonyl (C=O) groups excluding carboxylic acids is 2. The molecule has 24 heavy (non-hydrogen) atoms. The van der Waals surface area contributed by atoms with Gasteiger partial charge in [-0.2, -0.15) is 0 Å². The first-order chi connectivity index (χ1) is 11.5. The highest BCUT2D eigenvalue weighted by atomic mass is 32.1. The minimum Gasteiger partial charge on any atom is -0.476 e. The van der Waals surface area contributed by atoms with Crippen LogP contribution in [-0.4, -0.2) is 34.4 Å². The summed E-state index contributed by atoms with van der Waals surface area (Å²) in [7, 11) is 0. The van der Waals surface area contributed by atoms with Crippen LogP contribution in [0.2, 0.25) is 0 Å². The Morgan fingerprint density at radius 3 is 2.75 bits per heavy atom. The van der Waals surface area contributed by atoms with Gasteiger partial charge < -0.3 is 15.7 Å². The molecule has 7 nitrogen and oxygen atoms in total. The van der Waals surface area contributed by atoms with Crippen LogP contribution in [0.1, 0.15) is 39.2 Å². The maximum Gasteiger partial charge on any atom is 0.355 e. The summed E-state index contributed by atoms with van der Waals surface area (Å²) in [6.07, 6.45) is 0.818. The summed E-state index contributed by atoms with van der Waals surface area (Å²) in [5, 5.41) is 16.4. The molecule has 1 aromatic heterocycles. The molecule has 0 aliphatic heterocycles. The van der Waals surface area contributed by atoms with E-state index < -0.39 is 5.97 Å². The summed E-state index contributed by atoms with van der Waals surface area (Å²) in [5.74, 6) is -1.45. The lowest BCUT2D eigenvalue weighted by molar-refractivity contribution is -0.115. The summed E-state index contributed by atoms with van der Waals surface area (Å²) in [5.41, 5.74) is 1.02. The van der Waals surface area contributed by atoms with E-state index in [4.69, 9.17) is 5.11 Å². The van der Waals surface area contributed by atoms with Crippen LogP contribution in [0.3, 0.4) is 0 Å². The van der Waals surface area contributed by atoms with Crippen LogP contribution in [0.15, 0.2) is 29.6 Å². The van der Waals surface area contributed by atoms with Crippen molar-refractivity contribution in [3.63, 3.8) is 0 Å². The van der Waals surface area contributed by atoms with Crippen molar-refractivity contribution in [1.29, 1.82) is 0 Å².